The van der Waals surface area contributed by atoms with Crippen molar-refractivity contribution in [1.29, 1.82) is 0 Å². The molecule has 0 radical (unpaired) electrons. The van der Waals surface area contributed by atoms with E-state index in [9.17, 15) is 30.8 Å². The summed E-state index contributed by atoms with van der Waals surface area (Å²) in [7, 11) is -2.63. The summed E-state index contributed by atoms with van der Waals surface area (Å²) in [5.74, 6) is -1.10. The number of aryl methyl sites for hydroxylation is 2. The Morgan fingerprint density at radius 3 is 2.53 bits per heavy atom. The van der Waals surface area contributed by atoms with Crippen molar-refractivity contribution in [3.05, 3.63) is 22.2 Å². The molecule has 9 nitrogen and oxygen atoms in total. The maximum absolute atomic E-state index is 13.5. The molecule has 0 saturated heterocycles. The highest BCUT2D eigenvalue weighted by Gasteiger charge is 2.45. The molecule has 2 aromatic rings. The van der Waals surface area contributed by atoms with E-state index in [1.54, 1.807) is 0 Å². The zero-order valence-corrected chi connectivity index (χ0v) is 22.6. The summed E-state index contributed by atoms with van der Waals surface area (Å²) in [6.45, 7) is 0. The molecule has 0 aromatic carbocycles. The number of aromatic nitrogens is 2. The number of rotatable bonds is 8. The van der Waals surface area contributed by atoms with Crippen LogP contribution in [0.4, 0.5) is 28.4 Å². The lowest BCUT2D eigenvalue weighted by molar-refractivity contribution is -0.117. The Bertz CT molecular complexity index is 1360. The van der Waals surface area contributed by atoms with E-state index in [1.807, 2.05) is 0 Å². The van der Waals surface area contributed by atoms with Gasteiger partial charge in [0.1, 0.15) is 33.8 Å². The minimum atomic E-state index is -4.12. The first-order valence-corrected chi connectivity index (χ1v) is 14.8. The second-order valence-electron chi connectivity index (χ2n) is 9.81. The van der Waals surface area contributed by atoms with Gasteiger partial charge in [-0.1, -0.05) is 0 Å². The van der Waals surface area contributed by atoms with Gasteiger partial charge in [0.05, 0.1) is 5.92 Å². The van der Waals surface area contributed by atoms with Gasteiger partial charge in [-0.25, -0.2) is 30.7 Å². The highest BCUT2D eigenvalue weighted by molar-refractivity contribution is 7.90. The molecule has 2 heterocycles. The summed E-state index contributed by atoms with van der Waals surface area (Å²) in [5, 5.41) is 12.5. The van der Waals surface area contributed by atoms with Crippen LogP contribution in [0.3, 0.4) is 0 Å². The summed E-state index contributed by atoms with van der Waals surface area (Å²) in [6.07, 6.45) is -3.46. The first-order valence-electron chi connectivity index (χ1n) is 12.1. The lowest BCUT2D eigenvalue weighted by atomic mass is 9.92. The van der Waals surface area contributed by atoms with E-state index in [0.29, 0.717) is 18.4 Å². The first kappa shape index (κ1) is 27.3. The number of thiocarbonyl (C=S) groups is 1. The van der Waals surface area contributed by atoms with Crippen molar-refractivity contribution >= 4 is 55.4 Å². The molecular formula is C22H26F4N6O3S3. The molecule has 3 aliphatic rings. The van der Waals surface area contributed by atoms with Gasteiger partial charge in [-0.15, -0.1) is 11.3 Å². The Morgan fingerprint density at radius 1 is 1.21 bits per heavy atom. The monoisotopic (exact) mass is 594 g/mol. The van der Waals surface area contributed by atoms with Crippen molar-refractivity contribution < 1.29 is 30.8 Å². The molecule has 2 aromatic heterocycles. The van der Waals surface area contributed by atoms with Gasteiger partial charge in [-0.05, 0) is 56.3 Å². The molecule has 3 atom stereocenters. The number of amides is 1. The quantitative estimate of drug-likeness (QED) is 0.274. The molecule has 0 spiro atoms. The molecule has 2 fully saturated rings. The third-order valence-electron chi connectivity index (χ3n) is 6.87. The number of sulfonamides is 1. The number of hydrogen-bond acceptors (Lipinski definition) is 6. The number of fused-ring (bicyclic) bond motifs is 1. The van der Waals surface area contributed by atoms with Crippen LogP contribution in [0.5, 0.6) is 0 Å². The van der Waals surface area contributed by atoms with Crippen molar-refractivity contribution in [1.82, 2.24) is 19.8 Å². The maximum atomic E-state index is 13.5. The highest BCUT2D eigenvalue weighted by atomic mass is 32.2. The Kier molecular flexibility index (Phi) is 7.43. The van der Waals surface area contributed by atoms with Crippen LogP contribution < -0.4 is 20.7 Å². The number of hydrogen-bond donors (Lipinski definition) is 4. The van der Waals surface area contributed by atoms with Crippen molar-refractivity contribution in [2.75, 3.05) is 10.6 Å². The summed E-state index contributed by atoms with van der Waals surface area (Å²) < 4.78 is 83.3. The molecule has 5 rings (SSSR count). The minimum absolute atomic E-state index is 0.0737. The van der Waals surface area contributed by atoms with E-state index < -0.39 is 52.4 Å². The fourth-order valence-electron chi connectivity index (χ4n) is 4.66. The molecule has 16 heteroatoms. The molecule has 0 aliphatic heterocycles. The average Bonchev–Trinajstić information content (AvgIpc) is 3.26. The summed E-state index contributed by atoms with van der Waals surface area (Å²) in [5.41, 5.74) is 0.111. The topological polar surface area (TPSA) is 117 Å². The van der Waals surface area contributed by atoms with Gasteiger partial charge in [0, 0.05) is 30.1 Å². The number of nitrogens with one attached hydrogen (secondary N) is 4. The zero-order valence-electron chi connectivity index (χ0n) is 20.1. The van der Waals surface area contributed by atoms with Crippen LogP contribution in [0.15, 0.2) is 11.0 Å². The van der Waals surface area contributed by atoms with E-state index in [4.69, 9.17) is 12.2 Å². The Hall–Kier alpha value is -2.30. The molecule has 3 aliphatic carbocycles. The summed E-state index contributed by atoms with van der Waals surface area (Å²) in [4.78, 5) is 13.2. The number of nitrogens with zero attached hydrogens (tertiary/aromatic N) is 2. The maximum Gasteiger partial charge on any atom is 0.282 e. The molecular weight excluding hydrogens is 568 g/mol. The number of anilines is 2. The molecule has 1 amide bonds. The van der Waals surface area contributed by atoms with Crippen LogP contribution >= 0.6 is 23.6 Å². The summed E-state index contributed by atoms with van der Waals surface area (Å²) in [6, 6.07) is 0.348. The van der Waals surface area contributed by atoms with Crippen LogP contribution in [-0.4, -0.2) is 53.6 Å². The molecule has 2 saturated carbocycles. The standard InChI is InChI=1S/C22H26F4N6O3S3/c1-32-17(8-15(30-32)19(25)26)28-22(36)27-10-2-3-16-13(6-10)18(38(34,35)31-11-4-9(23)5-11)21(37-16)29-20(33)12-7-14(12)24/h8-12,14,19,31H,2-7H2,1H3,(H,29,33)(H2,27,28,36)/t9-,10-,11-,12-,14-/m0/s1. The fraction of sp³-hybridized carbons (Fsp3) is 0.591. The van der Waals surface area contributed by atoms with Gasteiger partial charge in [0.25, 0.3) is 6.43 Å². The number of carbonyl (C=O) groups excluding carboxylic acids is 1. The molecule has 38 heavy (non-hydrogen) atoms. The van der Waals surface area contributed by atoms with Gasteiger partial charge in [0.15, 0.2) is 5.11 Å². The van der Waals surface area contributed by atoms with Crippen molar-refractivity contribution in [3.8, 4) is 0 Å². The third kappa shape index (κ3) is 5.67. The lowest BCUT2D eigenvalue weighted by Gasteiger charge is -2.30. The SMILES string of the molecule is Cn1nc(C(F)F)cc1NC(=S)N[C@H]1CCc2sc(NC(=O)[C@H]3C[C@@H]3F)c(S(=O)(=O)N[C@H]3C[C@H](F)C3)c2C1. The van der Waals surface area contributed by atoms with Crippen molar-refractivity contribution in [3.63, 3.8) is 0 Å². The number of halogens is 4. The molecule has 0 bridgehead atoms. The molecule has 208 valence electrons. The summed E-state index contributed by atoms with van der Waals surface area (Å²) >= 11 is 6.49. The van der Waals surface area contributed by atoms with Gasteiger partial charge in [0.2, 0.25) is 15.9 Å². The highest BCUT2D eigenvalue weighted by Crippen LogP contribution is 2.43. The number of thiophene rings is 1. The largest absolute Gasteiger partial charge is 0.359 e. The van der Waals surface area contributed by atoms with E-state index in [1.165, 1.54) is 17.8 Å². The zero-order chi connectivity index (χ0) is 27.4. The minimum Gasteiger partial charge on any atom is -0.359 e. The van der Waals surface area contributed by atoms with E-state index >= 15 is 0 Å². The van der Waals surface area contributed by atoms with Gasteiger partial charge in [-0.3, -0.25) is 9.48 Å². The Labute approximate surface area is 225 Å². The van der Waals surface area contributed by atoms with Crippen LogP contribution in [0.25, 0.3) is 0 Å². The second kappa shape index (κ2) is 10.4. The van der Waals surface area contributed by atoms with Crippen LogP contribution in [0.1, 0.15) is 48.2 Å². The van der Waals surface area contributed by atoms with Gasteiger partial charge < -0.3 is 16.0 Å². The molecule has 4 N–H and O–H groups in total. The first-order chi connectivity index (χ1) is 17.9. The van der Waals surface area contributed by atoms with E-state index in [-0.39, 0.29) is 52.6 Å². The van der Waals surface area contributed by atoms with Crippen LogP contribution in [0, 0.1) is 5.92 Å². The Morgan fingerprint density at radius 2 is 1.92 bits per heavy atom. The normalized spacial score (nSPS) is 26.4. The Balaban J connectivity index is 1.34. The smallest absolute Gasteiger partial charge is 0.282 e. The van der Waals surface area contributed by atoms with Crippen molar-refractivity contribution in [2.45, 2.75) is 74.3 Å². The van der Waals surface area contributed by atoms with E-state index in [2.05, 4.69) is 25.8 Å². The van der Waals surface area contributed by atoms with Gasteiger partial charge >= 0.3 is 0 Å². The van der Waals surface area contributed by atoms with Crippen LogP contribution in [0.2, 0.25) is 0 Å². The number of carbonyl (C=O) groups is 1. The number of alkyl halides is 4. The average molecular weight is 595 g/mol. The van der Waals surface area contributed by atoms with Crippen molar-refractivity contribution in [2.24, 2.45) is 13.0 Å². The van der Waals surface area contributed by atoms with Crippen LogP contribution in [-0.2, 0) is 34.7 Å². The third-order valence-corrected chi connectivity index (χ3v) is 10.1. The van der Waals surface area contributed by atoms with E-state index in [0.717, 1.165) is 16.2 Å². The predicted octanol–water partition coefficient (Wildman–Crippen LogP) is 3.34. The predicted molar refractivity (Wildman–Crippen MR) is 138 cm³/mol. The van der Waals surface area contributed by atoms with Gasteiger partial charge in [-0.2, -0.15) is 5.10 Å². The second-order valence-corrected chi connectivity index (χ2v) is 13.0. The lowest BCUT2D eigenvalue weighted by Crippen LogP contribution is -2.45. The fourth-order valence-corrected chi connectivity index (χ4v) is 8.17. The molecule has 0 unspecified atom stereocenters.